The number of aromatic nitrogens is 3. The quantitative estimate of drug-likeness (QED) is 0.299. The Balaban J connectivity index is 1.26. The molecule has 4 heterocycles. The van der Waals surface area contributed by atoms with Gasteiger partial charge in [-0.05, 0) is 25.3 Å². The average molecular weight is 563 g/mol. The summed E-state index contributed by atoms with van der Waals surface area (Å²) in [6.45, 7) is 2.92. The van der Waals surface area contributed by atoms with Crippen LogP contribution >= 0.6 is 0 Å². The number of amides is 3. The molecule has 1 saturated carbocycles. The van der Waals surface area contributed by atoms with E-state index in [0.717, 1.165) is 47.8 Å². The zero-order chi connectivity index (χ0) is 28.5. The molecule has 4 N–H and O–H groups in total. The minimum absolute atomic E-state index is 0.233. The van der Waals surface area contributed by atoms with Gasteiger partial charge in [-0.2, -0.15) is 0 Å². The Morgan fingerprint density at radius 1 is 1.22 bits per heavy atom. The van der Waals surface area contributed by atoms with E-state index < -0.39 is 30.4 Å². The molecule has 218 valence electrons. The van der Waals surface area contributed by atoms with Crippen molar-refractivity contribution >= 4 is 28.8 Å². The smallest absolute Gasteiger partial charge is 0.410 e. The third kappa shape index (κ3) is 5.42. The molecule has 1 aromatic carbocycles. The van der Waals surface area contributed by atoms with Gasteiger partial charge in [0.15, 0.2) is 0 Å². The Bertz CT molecular complexity index is 1400. The lowest BCUT2D eigenvalue weighted by Gasteiger charge is -2.34. The summed E-state index contributed by atoms with van der Waals surface area (Å²) in [6.07, 6.45) is 7.30. The van der Waals surface area contributed by atoms with E-state index in [4.69, 9.17) is 4.74 Å². The van der Waals surface area contributed by atoms with Gasteiger partial charge < -0.3 is 34.9 Å². The highest BCUT2D eigenvalue weighted by molar-refractivity contribution is 6.05. The minimum Gasteiger partial charge on any atom is -0.441 e. The Morgan fingerprint density at radius 3 is 2.76 bits per heavy atom. The Morgan fingerprint density at radius 2 is 2.02 bits per heavy atom. The lowest BCUT2D eigenvalue weighted by atomic mass is 9.83. The zero-order valence-electron chi connectivity index (χ0n) is 23.3. The maximum atomic E-state index is 14.1. The molecule has 11 nitrogen and oxygen atoms in total. The molecule has 4 atom stereocenters. The molecule has 3 aromatic rings. The van der Waals surface area contributed by atoms with Gasteiger partial charge >= 0.3 is 6.09 Å². The second kappa shape index (κ2) is 11.6. The van der Waals surface area contributed by atoms with Crippen molar-refractivity contribution in [2.24, 2.45) is 5.92 Å². The molecule has 11 heteroatoms. The van der Waals surface area contributed by atoms with Gasteiger partial charge in [0.2, 0.25) is 5.91 Å². The number of para-hydroxylation sites is 1. The number of benzene rings is 1. The van der Waals surface area contributed by atoms with Crippen molar-refractivity contribution in [2.75, 3.05) is 13.1 Å². The second-order valence-corrected chi connectivity index (χ2v) is 11.6. The first-order valence-electron chi connectivity index (χ1n) is 14.7. The SMILES string of the molecule is CCN1CC(C(O)C(CC2CCCCC2)NC(=O)C(Cc2cnc[nH]2)N2Cc3c([nH]c4ccccc34)C2=O)OC1=O. The number of aliphatic hydroxyl groups is 1. The van der Waals surface area contributed by atoms with Gasteiger partial charge in [-0.1, -0.05) is 50.3 Å². The lowest BCUT2D eigenvalue weighted by molar-refractivity contribution is -0.128. The summed E-state index contributed by atoms with van der Waals surface area (Å²) in [4.78, 5) is 53.6. The predicted octanol–water partition coefficient (Wildman–Crippen LogP) is 3.11. The number of nitrogens with zero attached hydrogens (tertiary/aromatic N) is 3. The fourth-order valence-electron chi connectivity index (χ4n) is 6.71. The normalized spacial score (nSPS) is 21.7. The minimum atomic E-state index is -1.07. The van der Waals surface area contributed by atoms with E-state index in [9.17, 15) is 19.5 Å². The third-order valence-corrected chi connectivity index (χ3v) is 8.99. The molecular formula is C30H38N6O5. The van der Waals surface area contributed by atoms with Crippen molar-refractivity contribution in [2.45, 2.75) is 82.7 Å². The number of carbonyl (C=O) groups excluding carboxylic acids is 3. The summed E-state index contributed by atoms with van der Waals surface area (Å²) in [5.41, 5.74) is 3.00. The number of ether oxygens (including phenoxy) is 1. The van der Waals surface area contributed by atoms with Crippen LogP contribution in [0.4, 0.5) is 4.79 Å². The van der Waals surface area contributed by atoms with Crippen molar-refractivity contribution in [3.63, 3.8) is 0 Å². The standard InChI is InChI=1S/C30H38N6O5/c1-2-35-16-25(41-30(35)40)27(37)23(12-18-8-4-3-5-9-18)34-28(38)24(13-19-14-31-17-32-19)36-15-21-20-10-6-7-11-22(20)33-26(21)29(36)39/h6-7,10-11,14,17-18,23-25,27,33,37H,2-5,8-9,12-13,15-16H2,1H3,(H,31,32)(H,34,38). The van der Waals surface area contributed by atoms with Crippen LogP contribution in [-0.2, 0) is 22.5 Å². The van der Waals surface area contributed by atoms with Crippen LogP contribution in [0.2, 0.25) is 0 Å². The van der Waals surface area contributed by atoms with E-state index >= 15 is 0 Å². The first-order chi connectivity index (χ1) is 19.9. The number of aromatic amines is 2. The number of nitrogens with one attached hydrogen (secondary N) is 3. The number of rotatable bonds is 10. The van der Waals surface area contributed by atoms with Crippen LogP contribution in [-0.4, -0.2) is 85.1 Å². The van der Waals surface area contributed by atoms with Gasteiger partial charge in [0.25, 0.3) is 5.91 Å². The number of carbonyl (C=O) groups is 3. The number of likely N-dealkylation sites (N-methyl/N-ethyl adjacent to an activating group) is 1. The summed E-state index contributed by atoms with van der Waals surface area (Å²) < 4.78 is 5.52. The highest BCUT2D eigenvalue weighted by atomic mass is 16.6. The molecule has 2 fully saturated rings. The number of H-pyrrole nitrogens is 2. The molecule has 0 spiro atoms. The molecule has 1 aliphatic carbocycles. The van der Waals surface area contributed by atoms with Gasteiger partial charge in [0, 0.05) is 47.9 Å². The number of aliphatic hydroxyl groups excluding tert-OH is 1. The molecule has 6 rings (SSSR count). The molecule has 3 amide bonds. The number of hydrogen-bond donors (Lipinski definition) is 4. The molecule has 2 aliphatic heterocycles. The van der Waals surface area contributed by atoms with Gasteiger partial charge in [0.05, 0.1) is 18.9 Å². The first-order valence-corrected chi connectivity index (χ1v) is 14.7. The maximum Gasteiger partial charge on any atom is 0.410 e. The van der Waals surface area contributed by atoms with E-state index in [-0.39, 0.29) is 24.8 Å². The molecular weight excluding hydrogens is 524 g/mol. The van der Waals surface area contributed by atoms with Gasteiger partial charge in [-0.15, -0.1) is 0 Å². The van der Waals surface area contributed by atoms with Gasteiger partial charge in [0.1, 0.15) is 23.9 Å². The Hall–Kier alpha value is -3.86. The van der Waals surface area contributed by atoms with E-state index in [0.29, 0.717) is 31.1 Å². The van der Waals surface area contributed by atoms with Crippen molar-refractivity contribution < 1.29 is 24.2 Å². The van der Waals surface area contributed by atoms with Crippen molar-refractivity contribution in [3.05, 3.63) is 53.7 Å². The van der Waals surface area contributed by atoms with Gasteiger partial charge in [-0.25, -0.2) is 9.78 Å². The van der Waals surface area contributed by atoms with Crippen LogP contribution in [0.5, 0.6) is 0 Å². The van der Waals surface area contributed by atoms with E-state index in [2.05, 4.69) is 20.3 Å². The summed E-state index contributed by atoms with van der Waals surface area (Å²) in [6, 6.07) is 6.31. The highest BCUT2D eigenvalue weighted by Crippen LogP contribution is 2.33. The first kappa shape index (κ1) is 27.3. The summed E-state index contributed by atoms with van der Waals surface area (Å²) in [7, 11) is 0. The van der Waals surface area contributed by atoms with E-state index in [1.807, 2.05) is 31.2 Å². The Labute approximate surface area is 238 Å². The maximum absolute atomic E-state index is 14.1. The summed E-state index contributed by atoms with van der Waals surface area (Å²) >= 11 is 0. The molecule has 0 radical (unpaired) electrons. The topological polar surface area (TPSA) is 144 Å². The predicted molar refractivity (Wildman–Crippen MR) is 151 cm³/mol. The van der Waals surface area contributed by atoms with E-state index in [1.54, 1.807) is 22.3 Å². The molecule has 0 bridgehead atoms. The average Bonchev–Trinajstić information content (AvgIpc) is 3.77. The third-order valence-electron chi connectivity index (χ3n) is 8.99. The van der Waals surface area contributed by atoms with Gasteiger partial charge in [-0.3, -0.25) is 9.59 Å². The van der Waals surface area contributed by atoms with Crippen LogP contribution in [0.3, 0.4) is 0 Å². The molecule has 2 aromatic heterocycles. The number of cyclic esters (lactones) is 1. The zero-order valence-corrected chi connectivity index (χ0v) is 23.3. The fraction of sp³-hybridized carbons (Fsp3) is 0.533. The Kier molecular flexibility index (Phi) is 7.70. The van der Waals surface area contributed by atoms with Crippen molar-refractivity contribution in [3.8, 4) is 0 Å². The van der Waals surface area contributed by atoms with Crippen LogP contribution in [0.15, 0.2) is 36.8 Å². The van der Waals surface area contributed by atoms with E-state index in [1.165, 1.54) is 6.42 Å². The number of fused-ring (bicyclic) bond motifs is 3. The van der Waals surface area contributed by atoms with Crippen LogP contribution in [0, 0.1) is 5.92 Å². The lowest BCUT2D eigenvalue weighted by Crippen LogP contribution is -2.56. The largest absolute Gasteiger partial charge is 0.441 e. The number of imidazole rings is 1. The second-order valence-electron chi connectivity index (χ2n) is 11.6. The molecule has 3 aliphatic rings. The van der Waals surface area contributed by atoms with Crippen LogP contribution in [0.1, 0.15) is 67.2 Å². The summed E-state index contributed by atoms with van der Waals surface area (Å²) in [5.74, 6) is -0.226. The van der Waals surface area contributed by atoms with Crippen LogP contribution < -0.4 is 5.32 Å². The summed E-state index contributed by atoms with van der Waals surface area (Å²) in [5, 5.41) is 15.6. The molecule has 4 unspecified atom stereocenters. The fourth-order valence-corrected chi connectivity index (χ4v) is 6.71. The highest BCUT2D eigenvalue weighted by Gasteiger charge is 2.43. The van der Waals surface area contributed by atoms with Crippen LogP contribution in [0.25, 0.3) is 10.9 Å². The molecule has 1 saturated heterocycles. The monoisotopic (exact) mass is 562 g/mol. The molecule has 41 heavy (non-hydrogen) atoms. The van der Waals surface area contributed by atoms with Crippen molar-refractivity contribution in [1.82, 2.24) is 30.1 Å². The van der Waals surface area contributed by atoms with Crippen molar-refractivity contribution in [1.29, 1.82) is 0 Å². The number of hydrogen-bond acceptors (Lipinski definition) is 6.